The van der Waals surface area contributed by atoms with Crippen LogP contribution in [0.2, 0.25) is 0 Å². The molecule has 1 saturated heterocycles. The van der Waals surface area contributed by atoms with Crippen molar-refractivity contribution in [1.29, 1.82) is 0 Å². The Kier molecular flexibility index (Phi) is 5.20. The maximum absolute atomic E-state index is 12.1. The molecule has 0 aromatic carbocycles. The number of anilines is 3. The number of aromatic nitrogens is 2. The number of nitrogen functional groups attached to an aromatic ring is 1. The molecule has 1 aliphatic rings. The molecule has 10 nitrogen and oxygen atoms in total. The molecule has 158 valence electrons. The second-order valence-electron chi connectivity index (χ2n) is 7.20. The minimum atomic E-state index is -1.05. The zero-order chi connectivity index (χ0) is 21.4. The van der Waals surface area contributed by atoms with Crippen molar-refractivity contribution in [2.45, 2.75) is 6.42 Å². The van der Waals surface area contributed by atoms with Crippen molar-refractivity contribution in [3.05, 3.63) is 29.1 Å². The molecule has 0 radical (unpaired) electrons. The quantitative estimate of drug-likeness (QED) is 0.638. The second-order valence-corrected chi connectivity index (χ2v) is 8.20. The molecular formula is C19H22N6O4S. The standard InChI is InChI=1S/C19H22N6O4S/c1-23(2)17(26)11-10-29-19(22-11)25-7-3-6-24(8-9-25)12-4-5-21-16-13(12)14(20)15(30-16)18(27)28/h4-5,10H,3,6-9,20H2,1-2H3,(H,27,28). The van der Waals surface area contributed by atoms with Crippen LogP contribution in [0.5, 0.6) is 0 Å². The van der Waals surface area contributed by atoms with Gasteiger partial charge in [0.25, 0.3) is 11.9 Å². The zero-order valence-electron chi connectivity index (χ0n) is 16.7. The summed E-state index contributed by atoms with van der Waals surface area (Å²) in [5, 5.41) is 10.1. The maximum Gasteiger partial charge on any atom is 0.348 e. The number of hydrogen-bond donors (Lipinski definition) is 2. The van der Waals surface area contributed by atoms with Crippen LogP contribution in [0.15, 0.2) is 22.9 Å². The molecule has 1 amide bonds. The number of rotatable bonds is 4. The summed E-state index contributed by atoms with van der Waals surface area (Å²) in [7, 11) is 3.34. The molecule has 3 N–H and O–H groups in total. The van der Waals surface area contributed by atoms with Gasteiger partial charge in [-0.2, -0.15) is 4.98 Å². The smallest absolute Gasteiger partial charge is 0.348 e. The normalized spacial score (nSPS) is 14.7. The van der Waals surface area contributed by atoms with Gasteiger partial charge in [0.1, 0.15) is 16.0 Å². The lowest BCUT2D eigenvalue weighted by molar-refractivity contribution is 0.0702. The molecule has 4 rings (SSSR count). The number of thiophene rings is 1. The van der Waals surface area contributed by atoms with Crippen LogP contribution < -0.4 is 15.5 Å². The number of hydrogen-bond acceptors (Lipinski definition) is 9. The fourth-order valence-corrected chi connectivity index (χ4v) is 4.46. The van der Waals surface area contributed by atoms with Crippen LogP contribution in [0.3, 0.4) is 0 Å². The van der Waals surface area contributed by atoms with Gasteiger partial charge in [0.05, 0.1) is 16.8 Å². The average Bonchev–Trinajstić information content (AvgIpc) is 3.25. The van der Waals surface area contributed by atoms with Crippen molar-refractivity contribution < 1.29 is 19.1 Å². The lowest BCUT2D eigenvalue weighted by Crippen LogP contribution is -2.31. The summed E-state index contributed by atoms with van der Waals surface area (Å²) in [4.78, 5) is 38.5. The van der Waals surface area contributed by atoms with E-state index in [1.54, 1.807) is 20.3 Å². The Morgan fingerprint density at radius 1 is 1.23 bits per heavy atom. The number of nitrogens with zero attached hydrogens (tertiary/aromatic N) is 5. The third-order valence-electron chi connectivity index (χ3n) is 5.03. The van der Waals surface area contributed by atoms with Gasteiger partial charge in [-0.1, -0.05) is 0 Å². The van der Waals surface area contributed by atoms with E-state index in [2.05, 4.69) is 14.9 Å². The lowest BCUT2D eigenvalue weighted by Gasteiger charge is -2.24. The molecule has 0 bridgehead atoms. The van der Waals surface area contributed by atoms with E-state index in [1.165, 1.54) is 11.2 Å². The Bertz CT molecular complexity index is 1110. The molecule has 1 aliphatic heterocycles. The van der Waals surface area contributed by atoms with Gasteiger partial charge in [-0.25, -0.2) is 9.78 Å². The third-order valence-corrected chi connectivity index (χ3v) is 6.13. The first-order chi connectivity index (χ1) is 14.4. The number of oxazole rings is 1. The monoisotopic (exact) mass is 430 g/mol. The van der Waals surface area contributed by atoms with E-state index in [1.807, 2.05) is 11.0 Å². The average molecular weight is 430 g/mol. The predicted octanol–water partition coefficient (Wildman–Crippen LogP) is 1.98. The molecule has 0 saturated carbocycles. The largest absolute Gasteiger partial charge is 0.477 e. The van der Waals surface area contributed by atoms with Crippen molar-refractivity contribution in [3.8, 4) is 0 Å². The summed E-state index contributed by atoms with van der Waals surface area (Å²) >= 11 is 1.09. The number of carbonyl (C=O) groups excluding carboxylic acids is 1. The number of carboxylic acid groups (broad SMARTS) is 1. The van der Waals surface area contributed by atoms with Crippen LogP contribution in [0.1, 0.15) is 26.6 Å². The Labute approximate surface area is 176 Å². The number of carbonyl (C=O) groups is 2. The fraction of sp³-hybridized carbons (Fsp3) is 0.368. The SMILES string of the molecule is CN(C)C(=O)c1coc(N2CCCN(c3ccnc4sc(C(=O)O)c(N)c34)CC2)n1. The van der Waals surface area contributed by atoms with Gasteiger partial charge in [-0.05, 0) is 12.5 Å². The molecule has 4 heterocycles. The van der Waals surface area contributed by atoms with Gasteiger partial charge in [0.15, 0.2) is 5.69 Å². The second kappa shape index (κ2) is 7.82. The Hall–Kier alpha value is -3.34. The van der Waals surface area contributed by atoms with E-state index in [-0.39, 0.29) is 22.2 Å². The van der Waals surface area contributed by atoms with Crippen molar-refractivity contribution >= 4 is 50.8 Å². The first kappa shape index (κ1) is 20.0. The number of pyridine rings is 1. The van der Waals surface area contributed by atoms with Gasteiger partial charge in [0, 0.05) is 46.5 Å². The van der Waals surface area contributed by atoms with Crippen molar-refractivity contribution in [2.75, 3.05) is 55.8 Å². The maximum atomic E-state index is 12.1. The van der Waals surface area contributed by atoms with Crippen LogP contribution >= 0.6 is 11.3 Å². The van der Waals surface area contributed by atoms with Gasteiger partial charge in [-0.3, -0.25) is 4.79 Å². The van der Waals surface area contributed by atoms with E-state index in [0.717, 1.165) is 36.5 Å². The predicted molar refractivity (Wildman–Crippen MR) is 115 cm³/mol. The fourth-order valence-electron chi connectivity index (χ4n) is 3.54. The molecule has 0 unspecified atom stereocenters. The van der Waals surface area contributed by atoms with Crippen LogP contribution in [-0.4, -0.2) is 72.1 Å². The number of carboxylic acids is 1. The highest BCUT2D eigenvalue weighted by Crippen LogP contribution is 2.39. The van der Waals surface area contributed by atoms with Crippen LogP contribution in [0, 0.1) is 0 Å². The van der Waals surface area contributed by atoms with Gasteiger partial charge < -0.3 is 30.0 Å². The Morgan fingerprint density at radius 3 is 2.70 bits per heavy atom. The first-order valence-corrected chi connectivity index (χ1v) is 10.3. The molecule has 0 aliphatic carbocycles. The zero-order valence-corrected chi connectivity index (χ0v) is 17.5. The summed E-state index contributed by atoms with van der Waals surface area (Å²) in [6.45, 7) is 2.78. The van der Waals surface area contributed by atoms with Gasteiger partial charge in [-0.15, -0.1) is 11.3 Å². The van der Waals surface area contributed by atoms with E-state index in [0.29, 0.717) is 29.3 Å². The van der Waals surface area contributed by atoms with E-state index in [9.17, 15) is 14.7 Å². The van der Waals surface area contributed by atoms with Gasteiger partial charge in [0.2, 0.25) is 0 Å². The highest BCUT2D eigenvalue weighted by molar-refractivity contribution is 7.21. The van der Waals surface area contributed by atoms with Crippen molar-refractivity contribution in [2.24, 2.45) is 0 Å². The molecule has 0 spiro atoms. The van der Waals surface area contributed by atoms with E-state index < -0.39 is 5.97 Å². The Balaban J connectivity index is 1.57. The first-order valence-electron chi connectivity index (χ1n) is 9.44. The highest BCUT2D eigenvalue weighted by Gasteiger charge is 2.25. The minimum Gasteiger partial charge on any atom is -0.477 e. The summed E-state index contributed by atoms with van der Waals surface area (Å²) in [6, 6.07) is 2.29. The summed E-state index contributed by atoms with van der Waals surface area (Å²) in [5.41, 5.74) is 7.56. The van der Waals surface area contributed by atoms with E-state index >= 15 is 0 Å². The Morgan fingerprint density at radius 2 is 1.97 bits per heavy atom. The molecule has 1 fully saturated rings. The van der Waals surface area contributed by atoms with Crippen LogP contribution in [-0.2, 0) is 0 Å². The van der Waals surface area contributed by atoms with E-state index in [4.69, 9.17) is 10.2 Å². The number of amides is 1. The van der Waals surface area contributed by atoms with Crippen molar-refractivity contribution in [1.82, 2.24) is 14.9 Å². The molecular weight excluding hydrogens is 408 g/mol. The molecule has 30 heavy (non-hydrogen) atoms. The van der Waals surface area contributed by atoms with Crippen LogP contribution in [0.4, 0.5) is 17.4 Å². The number of aromatic carboxylic acids is 1. The number of fused-ring (bicyclic) bond motifs is 1. The molecule has 0 atom stereocenters. The molecule has 3 aromatic rings. The topological polar surface area (TPSA) is 129 Å². The molecule has 11 heteroatoms. The third kappa shape index (κ3) is 3.52. The summed E-state index contributed by atoms with van der Waals surface area (Å²) in [6.07, 6.45) is 3.89. The lowest BCUT2D eigenvalue weighted by atomic mass is 10.2. The summed E-state index contributed by atoms with van der Waals surface area (Å²) < 4.78 is 5.55. The van der Waals surface area contributed by atoms with Gasteiger partial charge >= 0.3 is 5.97 Å². The minimum absolute atomic E-state index is 0.110. The van der Waals surface area contributed by atoms with Crippen molar-refractivity contribution in [3.63, 3.8) is 0 Å². The molecule has 3 aromatic heterocycles. The number of nitrogens with two attached hydrogens (primary N) is 1. The highest BCUT2D eigenvalue weighted by atomic mass is 32.1. The summed E-state index contributed by atoms with van der Waals surface area (Å²) in [5.74, 6) is -1.25. The van der Waals surface area contributed by atoms with Crippen LogP contribution in [0.25, 0.3) is 10.2 Å².